The van der Waals surface area contributed by atoms with Gasteiger partial charge in [0.05, 0.1) is 31.6 Å². The van der Waals surface area contributed by atoms with Crippen molar-refractivity contribution in [3.8, 4) is 0 Å². The predicted molar refractivity (Wildman–Crippen MR) is 97.5 cm³/mol. The summed E-state index contributed by atoms with van der Waals surface area (Å²) in [5.41, 5.74) is 2.30. The van der Waals surface area contributed by atoms with E-state index in [1.165, 1.54) is 5.56 Å². The smallest absolute Gasteiger partial charge is 0.225 e. The van der Waals surface area contributed by atoms with Crippen molar-refractivity contribution in [1.29, 1.82) is 0 Å². The first-order valence-corrected chi connectivity index (χ1v) is 9.11. The van der Waals surface area contributed by atoms with E-state index in [9.17, 15) is 0 Å². The van der Waals surface area contributed by atoms with E-state index in [1.54, 1.807) is 12.4 Å². The molecule has 0 saturated carbocycles. The maximum atomic E-state index is 5.72. The number of hydrogen-bond acceptors (Lipinski definition) is 8. The van der Waals surface area contributed by atoms with Crippen LogP contribution in [0.15, 0.2) is 18.5 Å². The molecule has 2 aliphatic heterocycles. The second-order valence-electron chi connectivity index (χ2n) is 6.53. The maximum absolute atomic E-state index is 5.72. The van der Waals surface area contributed by atoms with Gasteiger partial charge in [-0.1, -0.05) is 0 Å². The van der Waals surface area contributed by atoms with Gasteiger partial charge in [0.15, 0.2) is 0 Å². The van der Waals surface area contributed by atoms with Gasteiger partial charge in [-0.3, -0.25) is 0 Å². The zero-order valence-electron chi connectivity index (χ0n) is 15.0. The normalized spacial score (nSPS) is 20.3. The number of rotatable bonds is 4. The van der Waals surface area contributed by atoms with Crippen LogP contribution in [-0.4, -0.2) is 65.5 Å². The van der Waals surface area contributed by atoms with Gasteiger partial charge >= 0.3 is 0 Å². The Kier molecular flexibility index (Phi) is 5.21. The SMILES string of the molecule is Cc1nc2c(c(NCC3COCCO3)n1)CCN(c1ncccn1)CC2. The fourth-order valence-corrected chi connectivity index (χ4v) is 3.39. The molecule has 1 saturated heterocycles. The molecule has 26 heavy (non-hydrogen) atoms. The van der Waals surface area contributed by atoms with Gasteiger partial charge in [-0.05, 0) is 19.4 Å². The number of aromatic nitrogens is 4. The lowest BCUT2D eigenvalue weighted by Gasteiger charge is -2.24. The van der Waals surface area contributed by atoms with E-state index in [0.717, 1.165) is 49.2 Å². The van der Waals surface area contributed by atoms with Crippen molar-refractivity contribution in [3.05, 3.63) is 35.5 Å². The van der Waals surface area contributed by atoms with Gasteiger partial charge in [0, 0.05) is 44.0 Å². The summed E-state index contributed by atoms with van der Waals surface area (Å²) in [6, 6.07) is 1.84. The minimum Gasteiger partial charge on any atom is -0.376 e. The Hall–Kier alpha value is -2.32. The Morgan fingerprint density at radius 2 is 2.00 bits per heavy atom. The van der Waals surface area contributed by atoms with Gasteiger partial charge in [0.2, 0.25) is 5.95 Å². The van der Waals surface area contributed by atoms with E-state index in [2.05, 4.69) is 30.2 Å². The third-order valence-electron chi connectivity index (χ3n) is 4.67. The summed E-state index contributed by atoms with van der Waals surface area (Å²) in [6.07, 6.45) is 5.34. The standard InChI is InChI=1S/C18H24N6O2/c1-13-22-16-4-8-24(18-19-5-2-6-20-18)7-3-15(16)17(23-13)21-11-14-12-25-9-10-26-14/h2,5-6,14H,3-4,7-12H2,1H3,(H,21,22,23). The van der Waals surface area contributed by atoms with Crippen LogP contribution >= 0.6 is 0 Å². The number of fused-ring (bicyclic) bond motifs is 1. The average molecular weight is 356 g/mol. The predicted octanol–water partition coefficient (Wildman–Crippen LogP) is 1.01. The van der Waals surface area contributed by atoms with Crippen LogP contribution < -0.4 is 10.2 Å². The average Bonchev–Trinajstić information content (AvgIpc) is 2.90. The largest absolute Gasteiger partial charge is 0.376 e. The van der Waals surface area contributed by atoms with Crippen LogP contribution in [0.2, 0.25) is 0 Å². The summed E-state index contributed by atoms with van der Waals surface area (Å²) in [6.45, 7) is 6.28. The monoisotopic (exact) mass is 356 g/mol. The van der Waals surface area contributed by atoms with Crippen molar-refractivity contribution in [3.63, 3.8) is 0 Å². The fourth-order valence-electron chi connectivity index (χ4n) is 3.39. The summed E-state index contributed by atoms with van der Waals surface area (Å²) < 4.78 is 11.2. The minimum absolute atomic E-state index is 0.0645. The molecule has 1 fully saturated rings. The highest BCUT2D eigenvalue weighted by molar-refractivity contribution is 5.49. The number of aryl methyl sites for hydroxylation is 1. The summed E-state index contributed by atoms with van der Waals surface area (Å²) in [5, 5.41) is 3.46. The summed E-state index contributed by atoms with van der Waals surface area (Å²) >= 11 is 0. The molecular formula is C18H24N6O2. The first-order chi connectivity index (χ1) is 12.8. The molecule has 0 radical (unpaired) electrons. The topological polar surface area (TPSA) is 85.3 Å². The molecule has 1 unspecified atom stereocenters. The number of ether oxygens (including phenoxy) is 2. The molecule has 1 N–H and O–H groups in total. The van der Waals surface area contributed by atoms with Gasteiger partial charge < -0.3 is 19.7 Å². The van der Waals surface area contributed by atoms with E-state index < -0.39 is 0 Å². The molecule has 2 aliphatic rings. The highest BCUT2D eigenvalue weighted by atomic mass is 16.6. The summed E-state index contributed by atoms with van der Waals surface area (Å²) in [5.74, 6) is 2.47. The Morgan fingerprint density at radius 1 is 1.15 bits per heavy atom. The van der Waals surface area contributed by atoms with Crippen molar-refractivity contribution in [2.75, 3.05) is 49.7 Å². The molecule has 0 amide bonds. The molecule has 2 aromatic heterocycles. The van der Waals surface area contributed by atoms with Crippen LogP contribution in [0.1, 0.15) is 17.1 Å². The van der Waals surface area contributed by atoms with Crippen LogP contribution in [0.4, 0.5) is 11.8 Å². The van der Waals surface area contributed by atoms with Crippen molar-refractivity contribution in [2.24, 2.45) is 0 Å². The second kappa shape index (κ2) is 7.92. The van der Waals surface area contributed by atoms with Crippen LogP contribution in [0.3, 0.4) is 0 Å². The van der Waals surface area contributed by atoms with E-state index in [-0.39, 0.29) is 6.10 Å². The fraction of sp³-hybridized carbons (Fsp3) is 0.556. The van der Waals surface area contributed by atoms with Gasteiger partial charge in [-0.15, -0.1) is 0 Å². The van der Waals surface area contributed by atoms with Crippen molar-refractivity contribution in [1.82, 2.24) is 19.9 Å². The molecular weight excluding hydrogens is 332 g/mol. The molecule has 0 aromatic carbocycles. The van der Waals surface area contributed by atoms with E-state index >= 15 is 0 Å². The molecule has 4 rings (SSSR count). The Bertz CT molecular complexity index is 736. The van der Waals surface area contributed by atoms with Crippen molar-refractivity contribution in [2.45, 2.75) is 25.9 Å². The number of nitrogens with one attached hydrogen (secondary N) is 1. The molecule has 2 aromatic rings. The lowest BCUT2D eigenvalue weighted by atomic mass is 10.1. The molecule has 0 spiro atoms. The third kappa shape index (κ3) is 3.91. The van der Waals surface area contributed by atoms with Crippen molar-refractivity contribution >= 4 is 11.8 Å². The summed E-state index contributed by atoms with van der Waals surface area (Å²) in [7, 11) is 0. The zero-order valence-corrected chi connectivity index (χ0v) is 15.0. The molecule has 0 aliphatic carbocycles. The Labute approximate surface area is 153 Å². The van der Waals surface area contributed by atoms with E-state index in [4.69, 9.17) is 9.47 Å². The molecule has 138 valence electrons. The zero-order chi connectivity index (χ0) is 17.8. The second-order valence-corrected chi connectivity index (χ2v) is 6.53. The van der Waals surface area contributed by atoms with Crippen molar-refractivity contribution < 1.29 is 9.47 Å². The highest BCUT2D eigenvalue weighted by Crippen LogP contribution is 2.23. The minimum atomic E-state index is 0.0645. The van der Waals surface area contributed by atoms with Crippen LogP contribution in [-0.2, 0) is 22.3 Å². The summed E-state index contributed by atoms with van der Waals surface area (Å²) in [4.78, 5) is 20.3. The van der Waals surface area contributed by atoms with Crippen LogP contribution in [0.25, 0.3) is 0 Å². The van der Waals surface area contributed by atoms with Crippen LogP contribution in [0.5, 0.6) is 0 Å². The van der Waals surface area contributed by atoms with Gasteiger partial charge in [-0.25, -0.2) is 19.9 Å². The first kappa shape index (κ1) is 17.1. The number of anilines is 2. The third-order valence-corrected chi connectivity index (χ3v) is 4.67. The lowest BCUT2D eigenvalue weighted by Crippen LogP contribution is -2.34. The van der Waals surface area contributed by atoms with E-state index in [0.29, 0.717) is 26.4 Å². The number of hydrogen-bond donors (Lipinski definition) is 1. The number of nitrogens with zero attached hydrogens (tertiary/aromatic N) is 5. The quantitative estimate of drug-likeness (QED) is 0.869. The maximum Gasteiger partial charge on any atom is 0.225 e. The van der Waals surface area contributed by atoms with Crippen LogP contribution in [0, 0.1) is 6.92 Å². The first-order valence-electron chi connectivity index (χ1n) is 9.11. The van der Waals surface area contributed by atoms with Gasteiger partial charge in [-0.2, -0.15) is 0 Å². The molecule has 4 heterocycles. The van der Waals surface area contributed by atoms with E-state index in [1.807, 2.05) is 13.0 Å². The molecule has 8 nitrogen and oxygen atoms in total. The molecule has 0 bridgehead atoms. The lowest BCUT2D eigenvalue weighted by molar-refractivity contribution is -0.0819. The van der Waals surface area contributed by atoms with Gasteiger partial charge in [0.25, 0.3) is 0 Å². The molecule has 8 heteroatoms. The molecule has 1 atom stereocenters. The highest BCUT2D eigenvalue weighted by Gasteiger charge is 2.22. The Balaban J connectivity index is 1.49. The van der Waals surface area contributed by atoms with Gasteiger partial charge in [0.1, 0.15) is 11.6 Å². The Morgan fingerprint density at radius 3 is 2.81 bits per heavy atom.